The van der Waals surface area contributed by atoms with Gasteiger partial charge in [0, 0.05) is 26.9 Å². The fourth-order valence-corrected chi connectivity index (χ4v) is 3.55. The van der Waals surface area contributed by atoms with Gasteiger partial charge in [0.2, 0.25) is 0 Å². The van der Waals surface area contributed by atoms with Crippen molar-refractivity contribution in [3.63, 3.8) is 0 Å². The average Bonchev–Trinajstić information content (AvgIpc) is 2.72. The molecule has 0 amide bonds. The number of carboxylic acids is 1. The van der Waals surface area contributed by atoms with Gasteiger partial charge in [-0.2, -0.15) is 0 Å². The Hall–Kier alpha value is -2.98. The molecule has 1 saturated heterocycles. The van der Waals surface area contributed by atoms with Crippen molar-refractivity contribution in [3.05, 3.63) is 35.4 Å². The molecule has 0 spiro atoms. The topological polar surface area (TPSA) is 135 Å². The van der Waals surface area contributed by atoms with Gasteiger partial charge >= 0.3 is 23.9 Å². The van der Waals surface area contributed by atoms with E-state index in [-0.39, 0.29) is 17.7 Å². The molecule has 31 heavy (non-hydrogen) atoms. The predicted molar refractivity (Wildman–Crippen MR) is 104 cm³/mol. The van der Waals surface area contributed by atoms with E-state index in [1.54, 1.807) is 0 Å². The van der Waals surface area contributed by atoms with E-state index >= 15 is 0 Å². The molecular weight excluding hydrogens is 412 g/mol. The van der Waals surface area contributed by atoms with E-state index in [0.29, 0.717) is 6.42 Å². The van der Waals surface area contributed by atoms with Crippen LogP contribution in [0.3, 0.4) is 0 Å². The fraction of sp³-hybridized carbons (Fsp3) is 0.524. The largest absolute Gasteiger partial charge is 0.478 e. The summed E-state index contributed by atoms with van der Waals surface area (Å²) in [6, 6.07) is 5.67. The highest BCUT2D eigenvalue weighted by Gasteiger charge is 2.49. The van der Waals surface area contributed by atoms with E-state index in [0.717, 1.165) is 0 Å². The summed E-state index contributed by atoms with van der Waals surface area (Å²) in [5, 5.41) is 9.26. The van der Waals surface area contributed by atoms with E-state index in [2.05, 4.69) is 0 Å². The SMILES string of the molecule is CC[C@H]1[C@H](OC(C)=O)[C@@H](OC(C)=O)[C@@H](OC)O[C@H]1COC(=O)c1ccccc1C(=O)O. The van der Waals surface area contributed by atoms with Crippen LogP contribution in [0, 0.1) is 5.92 Å². The molecule has 1 aromatic carbocycles. The highest BCUT2D eigenvalue weighted by molar-refractivity contribution is 6.02. The van der Waals surface area contributed by atoms with E-state index in [1.165, 1.54) is 45.2 Å². The van der Waals surface area contributed by atoms with Crippen LogP contribution < -0.4 is 0 Å². The number of hydrogen-bond acceptors (Lipinski definition) is 9. The highest BCUT2D eigenvalue weighted by Crippen LogP contribution is 2.33. The first-order valence-corrected chi connectivity index (χ1v) is 9.71. The van der Waals surface area contributed by atoms with E-state index in [1.807, 2.05) is 6.92 Å². The zero-order chi connectivity index (χ0) is 23.1. The third-order valence-corrected chi connectivity index (χ3v) is 4.86. The number of carbonyl (C=O) groups excluding carboxylic acids is 3. The lowest BCUT2D eigenvalue weighted by atomic mass is 9.86. The van der Waals surface area contributed by atoms with Gasteiger partial charge in [-0.05, 0) is 18.6 Å². The van der Waals surface area contributed by atoms with Gasteiger partial charge in [0.05, 0.1) is 11.1 Å². The second-order valence-corrected chi connectivity index (χ2v) is 6.95. The number of aromatic carboxylic acids is 1. The molecule has 170 valence electrons. The van der Waals surface area contributed by atoms with Crippen LogP contribution in [-0.2, 0) is 33.3 Å². The Bertz CT molecular complexity index is 820. The summed E-state index contributed by atoms with van der Waals surface area (Å²) in [6.07, 6.45) is -3.27. The average molecular weight is 438 g/mol. The molecule has 1 fully saturated rings. The molecule has 1 aliphatic heterocycles. The van der Waals surface area contributed by atoms with Crippen LogP contribution in [0.5, 0.6) is 0 Å². The molecule has 0 unspecified atom stereocenters. The van der Waals surface area contributed by atoms with Crippen LogP contribution in [0.15, 0.2) is 24.3 Å². The molecule has 1 heterocycles. The predicted octanol–water partition coefficient (Wildman–Crippen LogP) is 1.80. The lowest BCUT2D eigenvalue weighted by molar-refractivity contribution is -0.289. The van der Waals surface area contributed by atoms with Gasteiger partial charge < -0.3 is 28.8 Å². The van der Waals surface area contributed by atoms with Gasteiger partial charge in [0.25, 0.3) is 0 Å². The highest BCUT2D eigenvalue weighted by atomic mass is 16.7. The molecule has 2 rings (SSSR count). The van der Waals surface area contributed by atoms with E-state index < -0.39 is 54.4 Å². The molecule has 10 nitrogen and oxygen atoms in total. The minimum absolute atomic E-state index is 0.100. The van der Waals surface area contributed by atoms with Crippen molar-refractivity contribution in [2.45, 2.75) is 51.8 Å². The molecule has 0 aromatic heterocycles. The first-order valence-electron chi connectivity index (χ1n) is 9.71. The van der Waals surface area contributed by atoms with Crippen molar-refractivity contribution >= 4 is 23.9 Å². The second-order valence-electron chi connectivity index (χ2n) is 6.95. The van der Waals surface area contributed by atoms with Crippen molar-refractivity contribution in [1.29, 1.82) is 0 Å². The van der Waals surface area contributed by atoms with Gasteiger partial charge in [-0.25, -0.2) is 9.59 Å². The minimum Gasteiger partial charge on any atom is -0.478 e. The Balaban J connectivity index is 2.23. The number of ether oxygens (including phenoxy) is 5. The lowest BCUT2D eigenvalue weighted by Gasteiger charge is -2.44. The zero-order valence-electron chi connectivity index (χ0n) is 17.7. The third-order valence-electron chi connectivity index (χ3n) is 4.86. The van der Waals surface area contributed by atoms with Crippen LogP contribution in [-0.4, -0.2) is 67.3 Å². The van der Waals surface area contributed by atoms with Gasteiger partial charge in [-0.3, -0.25) is 9.59 Å². The Labute approximate surface area is 179 Å². The van der Waals surface area contributed by atoms with E-state index in [4.69, 9.17) is 23.7 Å². The number of carboxylic acid groups (broad SMARTS) is 1. The Morgan fingerprint density at radius 1 is 1.00 bits per heavy atom. The molecular formula is C21H26O10. The quantitative estimate of drug-likeness (QED) is 0.473. The molecule has 0 radical (unpaired) electrons. The summed E-state index contributed by atoms with van der Waals surface area (Å²) >= 11 is 0. The molecule has 1 N–H and O–H groups in total. The molecule has 1 aliphatic rings. The smallest absolute Gasteiger partial charge is 0.339 e. The second kappa shape index (κ2) is 10.9. The van der Waals surface area contributed by atoms with Crippen molar-refractivity contribution in [3.8, 4) is 0 Å². The lowest BCUT2D eigenvalue weighted by Crippen LogP contribution is -2.58. The number of methoxy groups -OCH3 is 1. The monoisotopic (exact) mass is 438 g/mol. The third kappa shape index (κ3) is 6.02. The van der Waals surface area contributed by atoms with Crippen LogP contribution >= 0.6 is 0 Å². The standard InChI is InChI=1S/C21H26O10/c1-5-13-16(10-28-20(26)15-9-7-6-8-14(15)19(24)25)31-21(27-4)18(30-12(3)23)17(13)29-11(2)22/h6-9,13,16-18,21H,5,10H2,1-4H3,(H,24,25)/t13-,16+,17+,18-,21+/m1/s1. The van der Waals surface area contributed by atoms with Gasteiger partial charge in [0.15, 0.2) is 12.4 Å². The van der Waals surface area contributed by atoms with E-state index in [9.17, 15) is 24.3 Å². The first-order chi connectivity index (χ1) is 14.7. The molecule has 1 aromatic rings. The summed E-state index contributed by atoms with van der Waals surface area (Å²) in [6.45, 7) is 4.01. The van der Waals surface area contributed by atoms with Crippen LogP contribution in [0.25, 0.3) is 0 Å². The summed E-state index contributed by atoms with van der Waals surface area (Å²) < 4.78 is 27.1. The number of hydrogen-bond donors (Lipinski definition) is 1. The maximum absolute atomic E-state index is 12.5. The molecule has 0 bridgehead atoms. The van der Waals surface area contributed by atoms with Gasteiger partial charge in [-0.1, -0.05) is 19.1 Å². The molecule has 0 aliphatic carbocycles. The van der Waals surface area contributed by atoms with Crippen molar-refractivity contribution in [2.75, 3.05) is 13.7 Å². The maximum Gasteiger partial charge on any atom is 0.339 e. The van der Waals surface area contributed by atoms with Crippen molar-refractivity contribution < 1.29 is 48.0 Å². The Kier molecular flexibility index (Phi) is 8.52. The molecule has 10 heteroatoms. The van der Waals surface area contributed by atoms with Gasteiger partial charge in [-0.15, -0.1) is 0 Å². The maximum atomic E-state index is 12.5. The number of benzene rings is 1. The number of carbonyl (C=O) groups is 4. The first kappa shape index (κ1) is 24.3. The van der Waals surface area contributed by atoms with Gasteiger partial charge in [0.1, 0.15) is 18.8 Å². The summed E-state index contributed by atoms with van der Waals surface area (Å²) in [7, 11) is 1.34. The Morgan fingerprint density at radius 2 is 1.58 bits per heavy atom. The molecule has 0 saturated carbocycles. The van der Waals surface area contributed by atoms with Crippen LogP contribution in [0.2, 0.25) is 0 Å². The summed E-state index contributed by atoms with van der Waals surface area (Å²) in [5.41, 5.74) is -0.289. The van der Waals surface area contributed by atoms with Crippen LogP contribution in [0.4, 0.5) is 0 Å². The Morgan fingerprint density at radius 3 is 2.10 bits per heavy atom. The number of esters is 3. The summed E-state index contributed by atoms with van der Waals surface area (Å²) in [4.78, 5) is 47.1. The zero-order valence-corrected chi connectivity index (χ0v) is 17.7. The van der Waals surface area contributed by atoms with Crippen LogP contribution in [0.1, 0.15) is 47.9 Å². The van der Waals surface area contributed by atoms with Crippen molar-refractivity contribution in [1.82, 2.24) is 0 Å². The minimum atomic E-state index is -1.26. The normalized spacial score (nSPS) is 25.4. The molecule has 5 atom stereocenters. The fourth-order valence-electron chi connectivity index (χ4n) is 3.55. The number of rotatable bonds is 8. The van der Waals surface area contributed by atoms with Crippen molar-refractivity contribution in [2.24, 2.45) is 5.92 Å². The summed E-state index contributed by atoms with van der Waals surface area (Å²) in [5.74, 6) is -3.76.